The lowest BCUT2D eigenvalue weighted by molar-refractivity contribution is -0.136. The van der Waals surface area contributed by atoms with E-state index in [1.165, 1.54) is 5.57 Å². The molecule has 3 aliphatic heterocycles. The van der Waals surface area contributed by atoms with E-state index in [1.54, 1.807) is 42.7 Å². The molecular weight excluding hydrogens is 723 g/mol. The van der Waals surface area contributed by atoms with Crippen LogP contribution in [0.4, 0.5) is 0 Å². The van der Waals surface area contributed by atoms with Crippen LogP contribution in [0.25, 0.3) is 22.4 Å². The fourth-order valence-corrected chi connectivity index (χ4v) is 7.74. The lowest BCUT2D eigenvalue weighted by atomic mass is 9.88. The second-order valence-corrected chi connectivity index (χ2v) is 14.3. The first kappa shape index (κ1) is 37.3. The van der Waals surface area contributed by atoms with Gasteiger partial charge in [0.25, 0.3) is 11.8 Å². The Morgan fingerprint density at radius 3 is 2.26 bits per heavy atom. The number of benzene rings is 4. The smallest absolute Gasteiger partial charge is 0.262 e. The summed E-state index contributed by atoms with van der Waals surface area (Å²) in [6.07, 6.45) is 4.88. The maximum atomic E-state index is 13.3. The van der Waals surface area contributed by atoms with Crippen molar-refractivity contribution < 1.29 is 33.8 Å². The fourth-order valence-electron chi connectivity index (χ4n) is 7.74. The number of fused-ring (bicyclic) bond motifs is 1. The van der Waals surface area contributed by atoms with Gasteiger partial charge in [-0.1, -0.05) is 67.6 Å². The molecule has 12 heteroatoms. The second-order valence-electron chi connectivity index (χ2n) is 14.3. The van der Waals surface area contributed by atoms with Gasteiger partial charge in [-0.2, -0.15) is 0 Å². The number of phenolic OH excluding ortho intramolecular Hbond substituents is 1. The number of likely N-dealkylation sites (tertiary alicyclic amines) is 1. The lowest BCUT2D eigenvalue weighted by Crippen LogP contribution is -2.54. The summed E-state index contributed by atoms with van der Waals surface area (Å²) in [4.78, 5) is 62.5. The molecule has 8 rings (SSSR count). The number of aromatic hydroxyl groups is 1. The molecule has 2 atom stereocenters. The number of ether oxygens (including phenoxy) is 2. The van der Waals surface area contributed by atoms with E-state index in [0.717, 1.165) is 65.4 Å². The number of allylic oxidation sites excluding steroid dienone is 1. The Morgan fingerprint density at radius 2 is 1.56 bits per heavy atom. The van der Waals surface area contributed by atoms with Crippen LogP contribution in [0.2, 0.25) is 0 Å². The molecule has 2 fully saturated rings. The molecular formula is C45H41N5O7. The van der Waals surface area contributed by atoms with E-state index in [-0.39, 0.29) is 35.8 Å². The van der Waals surface area contributed by atoms with Gasteiger partial charge in [-0.15, -0.1) is 0 Å². The number of carbonyl (C=O) groups excluding carboxylic acids is 4. The van der Waals surface area contributed by atoms with Gasteiger partial charge in [0.15, 0.2) is 0 Å². The van der Waals surface area contributed by atoms with Crippen molar-refractivity contribution in [1.82, 2.24) is 25.1 Å². The molecule has 0 spiro atoms. The molecule has 57 heavy (non-hydrogen) atoms. The summed E-state index contributed by atoms with van der Waals surface area (Å²) in [5, 5.41) is 12.2. The molecule has 12 nitrogen and oxygen atoms in total. The molecule has 1 aromatic heterocycles. The van der Waals surface area contributed by atoms with E-state index >= 15 is 0 Å². The zero-order valence-electron chi connectivity index (χ0n) is 31.4. The molecule has 0 saturated carbocycles. The minimum absolute atomic E-state index is 0.0573. The second kappa shape index (κ2) is 16.2. The summed E-state index contributed by atoms with van der Waals surface area (Å²) in [5.41, 5.74) is 7.08. The predicted octanol–water partition coefficient (Wildman–Crippen LogP) is 6.15. The molecule has 4 aromatic carbocycles. The first-order chi connectivity index (χ1) is 27.7. The number of rotatable bonds is 12. The van der Waals surface area contributed by atoms with E-state index in [1.807, 2.05) is 42.5 Å². The number of hydrogen-bond donors (Lipinski definition) is 2. The number of aromatic nitrogens is 2. The van der Waals surface area contributed by atoms with Gasteiger partial charge >= 0.3 is 0 Å². The third-order valence-corrected chi connectivity index (χ3v) is 10.6. The number of phenols is 1. The van der Waals surface area contributed by atoms with E-state index in [2.05, 4.69) is 51.4 Å². The van der Waals surface area contributed by atoms with Crippen molar-refractivity contribution >= 4 is 34.8 Å². The Morgan fingerprint density at radius 1 is 0.825 bits per heavy atom. The Balaban J connectivity index is 0.847. The van der Waals surface area contributed by atoms with E-state index < -0.39 is 29.7 Å². The molecule has 0 bridgehead atoms. The van der Waals surface area contributed by atoms with Gasteiger partial charge in [0.1, 0.15) is 30.3 Å². The highest BCUT2D eigenvalue weighted by molar-refractivity contribution is 6.23. The Bertz CT molecular complexity index is 2350. The normalized spacial score (nSPS) is 18.6. The average Bonchev–Trinajstić information content (AvgIpc) is 3.78. The molecule has 3 aliphatic rings. The summed E-state index contributed by atoms with van der Waals surface area (Å²) in [7, 11) is 0. The maximum Gasteiger partial charge on any atom is 0.262 e. The predicted molar refractivity (Wildman–Crippen MR) is 212 cm³/mol. The average molecular weight is 764 g/mol. The maximum absolute atomic E-state index is 13.3. The first-order valence-corrected chi connectivity index (χ1v) is 19.1. The van der Waals surface area contributed by atoms with Crippen LogP contribution in [0.1, 0.15) is 70.0 Å². The monoisotopic (exact) mass is 763 g/mol. The number of hydrogen-bond acceptors (Lipinski definition) is 10. The summed E-state index contributed by atoms with van der Waals surface area (Å²) in [5.74, 6) is -0.801. The van der Waals surface area contributed by atoms with Crippen LogP contribution in [0.5, 0.6) is 17.4 Å². The molecule has 0 radical (unpaired) electrons. The van der Waals surface area contributed by atoms with Crippen molar-refractivity contribution in [2.45, 2.75) is 44.8 Å². The van der Waals surface area contributed by atoms with Crippen molar-refractivity contribution in [2.75, 3.05) is 26.2 Å². The standard InChI is InChI=1S/C45H41N5O7/c1-2-35(28-6-4-3-5-7-28)42(29-8-13-32(51)14-9-29)30-10-15-33(16-11-30)56-23-22-49-21-20-34(27-49)57-41-26-46-38(25-47-41)31-12-17-36-37(24-31)45(55)50(44(36)54)39-18-19-40(52)48-43(39)53/h3-17,24-26,34,39,51H,2,18-23,27H2,1H3,(H,48,52,53). The Hall–Kier alpha value is -6.66. The van der Waals surface area contributed by atoms with Crippen LogP contribution in [-0.4, -0.2) is 86.9 Å². The minimum atomic E-state index is -1.03. The fraction of sp³-hybridized carbons (Fsp3) is 0.244. The van der Waals surface area contributed by atoms with Crippen LogP contribution in [0.3, 0.4) is 0 Å². The van der Waals surface area contributed by atoms with Gasteiger partial charge in [0, 0.05) is 31.6 Å². The van der Waals surface area contributed by atoms with Gasteiger partial charge in [0.2, 0.25) is 17.7 Å². The molecule has 2 N–H and O–H groups in total. The van der Waals surface area contributed by atoms with Crippen LogP contribution in [-0.2, 0) is 9.59 Å². The molecule has 2 saturated heterocycles. The molecule has 0 aliphatic carbocycles. The van der Waals surface area contributed by atoms with Crippen LogP contribution < -0.4 is 14.8 Å². The highest BCUT2D eigenvalue weighted by Gasteiger charge is 2.44. The Labute approximate surface area is 329 Å². The molecule has 5 aromatic rings. The van der Waals surface area contributed by atoms with Gasteiger partial charge < -0.3 is 14.6 Å². The number of amides is 4. The van der Waals surface area contributed by atoms with Crippen LogP contribution in [0.15, 0.2) is 109 Å². The summed E-state index contributed by atoms with van der Waals surface area (Å²) in [6.45, 7) is 4.99. The Kier molecular flexibility index (Phi) is 10.6. The highest BCUT2D eigenvalue weighted by Crippen LogP contribution is 2.36. The number of piperidine rings is 1. The zero-order valence-corrected chi connectivity index (χ0v) is 31.4. The van der Waals surface area contributed by atoms with E-state index in [9.17, 15) is 24.3 Å². The number of carbonyl (C=O) groups is 4. The molecule has 4 amide bonds. The van der Waals surface area contributed by atoms with E-state index in [0.29, 0.717) is 23.7 Å². The summed E-state index contributed by atoms with van der Waals surface area (Å²) < 4.78 is 12.3. The largest absolute Gasteiger partial charge is 0.508 e. The molecule has 2 unspecified atom stereocenters. The number of nitrogens with one attached hydrogen (secondary N) is 1. The summed E-state index contributed by atoms with van der Waals surface area (Å²) in [6, 6.07) is 29.7. The van der Waals surface area contributed by atoms with Gasteiger partial charge in [-0.25, -0.2) is 9.97 Å². The first-order valence-electron chi connectivity index (χ1n) is 19.1. The topological polar surface area (TPSA) is 151 Å². The van der Waals surface area contributed by atoms with Crippen molar-refractivity contribution in [1.29, 1.82) is 0 Å². The quantitative estimate of drug-likeness (QED) is 0.112. The van der Waals surface area contributed by atoms with Crippen molar-refractivity contribution in [2.24, 2.45) is 0 Å². The van der Waals surface area contributed by atoms with Crippen LogP contribution >= 0.6 is 0 Å². The number of imide groups is 2. The number of nitrogens with zero attached hydrogens (tertiary/aromatic N) is 4. The highest BCUT2D eigenvalue weighted by atomic mass is 16.5. The zero-order chi connectivity index (χ0) is 39.5. The van der Waals surface area contributed by atoms with Gasteiger partial charge in [-0.05, 0) is 83.5 Å². The van der Waals surface area contributed by atoms with Crippen molar-refractivity contribution in [3.63, 3.8) is 0 Å². The van der Waals surface area contributed by atoms with Crippen molar-refractivity contribution in [3.8, 4) is 28.6 Å². The third kappa shape index (κ3) is 7.90. The van der Waals surface area contributed by atoms with Gasteiger partial charge in [-0.3, -0.25) is 34.3 Å². The molecule has 4 heterocycles. The minimum Gasteiger partial charge on any atom is -0.508 e. The van der Waals surface area contributed by atoms with Gasteiger partial charge in [0.05, 0.1) is 29.2 Å². The molecule has 288 valence electrons. The summed E-state index contributed by atoms with van der Waals surface area (Å²) >= 11 is 0. The lowest BCUT2D eigenvalue weighted by Gasteiger charge is -2.27. The van der Waals surface area contributed by atoms with Crippen molar-refractivity contribution in [3.05, 3.63) is 137 Å². The van der Waals surface area contributed by atoms with Crippen LogP contribution in [0, 0.1) is 0 Å². The van der Waals surface area contributed by atoms with E-state index in [4.69, 9.17) is 9.47 Å². The third-order valence-electron chi connectivity index (χ3n) is 10.6. The SMILES string of the molecule is CCC(=C(c1ccc(O)cc1)c1ccc(OCCN2CCC(Oc3cnc(-c4ccc5c(c4)C(=O)N(C4CCC(=O)NC4=O)C5=O)cn3)C2)cc1)c1ccccc1.